The topological polar surface area (TPSA) is 83.6 Å². The van der Waals surface area contributed by atoms with Crippen molar-refractivity contribution >= 4 is 23.6 Å². The second kappa shape index (κ2) is 6.61. The van der Waals surface area contributed by atoms with E-state index in [1.807, 2.05) is 27.7 Å². The van der Waals surface area contributed by atoms with Gasteiger partial charge in [0.2, 0.25) is 5.91 Å². The molecule has 1 amide bonds. The second-order valence-corrected chi connectivity index (χ2v) is 6.95. The summed E-state index contributed by atoms with van der Waals surface area (Å²) < 4.78 is 0. The third-order valence-electron chi connectivity index (χ3n) is 3.19. The lowest BCUT2D eigenvalue weighted by Gasteiger charge is -2.32. The predicted octanol–water partition coefficient (Wildman–Crippen LogP) is 1.37. The number of hydrogen-bond donors (Lipinski definition) is 2. The monoisotopic (exact) mass is 288 g/mol. The molecular weight excluding hydrogens is 264 g/mol. The van der Waals surface area contributed by atoms with Gasteiger partial charge in [0.15, 0.2) is 0 Å². The third kappa shape index (κ3) is 3.86. The predicted molar refractivity (Wildman–Crippen MR) is 76.8 cm³/mol. The maximum atomic E-state index is 12.4. The summed E-state index contributed by atoms with van der Waals surface area (Å²) in [4.78, 5) is 25.2. The number of amides is 1. The van der Waals surface area contributed by atoms with Crippen molar-refractivity contribution in [1.29, 1.82) is 0 Å². The quantitative estimate of drug-likeness (QED) is 0.798. The molecule has 0 spiro atoms. The number of aliphatic carboxylic acids is 1. The number of thioether (sulfide) groups is 1. The van der Waals surface area contributed by atoms with Crippen LogP contribution in [0.3, 0.4) is 0 Å². The third-order valence-corrected chi connectivity index (χ3v) is 4.81. The summed E-state index contributed by atoms with van der Waals surface area (Å²) in [7, 11) is 0. The van der Waals surface area contributed by atoms with E-state index >= 15 is 0 Å². The Bertz CT molecular complexity index is 347. The lowest BCUT2D eigenvalue weighted by Crippen LogP contribution is -2.53. The molecule has 1 aliphatic rings. The van der Waals surface area contributed by atoms with Crippen LogP contribution in [-0.4, -0.2) is 45.1 Å². The van der Waals surface area contributed by atoms with Crippen LogP contribution in [0.25, 0.3) is 0 Å². The highest BCUT2D eigenvalue weighted by atomic mass is 32.2. The fraction of sp³-hybridized carbons (Fsp3) is 0.846. The molecule has 1 rings (SSSR count). The van der Waals surface area contributed by atoms with Crippen molar-refractivity contribution in [2.24, 2.45) is 17.6 Å². The van der Waals surface area contributed by atoms with Crippen molar-refractivity contribution in [3.63, 3.8) is 0 Å². The molecule has 0 aromatic heterocycles. The van der Waals surface area contributed by atoms with Crippen molar-refractivity contribution in [1.82, 2.24) is 4.90 Å². The van der Waals surface area contributed by atoms with Gasteiger partial charge >= 0.3 is 5.97 Å². The van der Waals surface area contributed by atoms with Gasteiger partial charge in [0.05, 0.1) is 11.4 Å². The minimum atomic E-state index is -0.944. The molecule has 1 aliphatic heterocycles. The van der Waals surface area contributed by atoms with Crippen LogP contribution in [0.15, 0.2) is 0 Å². The second-order valence-electron chi connectivity index (χ2n) is 5.80. The fourth-order valence-electron chi connectivity index (χ4n) is 2.31. The Labute approximate surface area is 118 Å². The molecule has 110 valence electrons. The van der Waals surface area contributed by atoms with Crippen molar-refractivity contribution in [2.75, 3.05) is 5.75 Å². The molecule has 0 saturated carbocycles. The van der Waals surface area contributed by atoms with Crippen molar-refractivity contribution in [3.05, 3.63) is 0 Å². The number of carboxylic acids is 1. The lowest BCUT2D eigenvalue weighted by molar-refractivity contribution is -0.150. The first-order chi connectivity index (χ1) is 8.75. The molecule has 1 saturated heterocycles. The summed E-state index contributed by atoms with van der Waals surface area (Å²) in [5, 5.41) is 9.16. The molecule has 1 heterocycles. The number of carbonyl (C=O) groups excluding carboxylic acids is 1. The summed E-state index contributed by atoms with van der Waals surface area (Å²) >= 11 is 1.53. The SMILES string of the molecule is CC(C)C[C@@H](N)C(=O)N1C(C(=O)O)CSC1C(C)C. The first-order valence-electron chi connectivity index (χ1n) is 6.67. The lowest BCUT2D eigenvalue weighted by atomic mass is 10.0. The van der Waals surface area contributed by atoms with Gasteiger partial charge in [0, 0.05) is 5.75 Å². The number of rotatable bonds is 5. The highest BCUT2D eigenvalue weighted by Crippen LogP contribution is 2.34. The molecule has 5 nitrogen and oxygen atoms in total. The van der Waals surface area contributed by atoms with E-state index in [4.69, 9.17) is 5.73 Å². The first kappa shape index (κ1) is 16.3. The average Bonchev–Trinajstić information content (AvgIpc) is 2.71. The van der Waals surface area contributed by atoms with Gasteiger partial charge in [-0.05, 0) is 18.3 Å². The van der Waals surface area contributed by atoms with Crippen molar-refractivity contribution in [3.8, 4) is 0 Å². The summed E-state index contributed by atoms with van der Waals surface area (Å²) in [6.45, 7) is 7.99. The summed E-state index contributed by atoms with van der Waals surface area (Å²) in [5.41, 5.74) is 5.93. The zero-order chi connectivity index (χ0) is 14.7. The van der Waals surface area contributed by atoms with E-state index < -0.39 is 18.1 Å². The van der Waals surface area contributed by atoms with Crippen molar-refractivity contribution in [2.45, 2.75) is 51.6 Å². The number of carboxylic acid groups (broad SMARTS) is 1. The van der Waals surface area contributed by atoms with E-state index in [1.54, 1.807) is 0 Å². The molecule has 0 aromatic rings. The number of nitrogens with zero attached hydrogens (tertiary/aromatic N) is 1. The highest BCUT2D eigenvalue weighted by Gasteiger charge is 2.44. The summed E-state index contributed by atoms with van der Waals surface area (Å²) in [6.07, 6.45) is 0.581. The zero-order valence-electron chi connectivity index (χ0n) is 12.0. The first-order valence-corrected chi connectivity index (χ1v) is 7.72. The molecule has 0 aromatic carbocycles. The summed E-state index contributed by atoms with van der Waals surface area (Å²) in [5.74, 6) is -0.205. The van der Waals surface area contributed by atoms with Gasteiger partial charge in [0.25, 0.3) is 0 Å². The van der Waals surface area contributed by atoms with Gasteiger partial charge in [-0.3, -0.25) is 4.79 Å². The van der Waals surface area contributed by atoms with Gasteiger partial charge in [0.1, 0.15) is 6.04 Å². The molecule has 0 bridgehead atoms. The van der Waals surface area contributed by atoms with Crippen LogP contribution < -0.4 is 5.73 Å². The van der Waals surface area contributed by atoms with Gasteiger partial charge in [-0.25, -0.2) is 4.79 Å². The normalized spacial score (nSPS) is 25.1. The molecule has 2 unspecified atom stereocenters. The van der Waals surface area contributed by atoms with Crippen LogP contribution in [0.1, 0.15) is 34.1 Å². The fourth-order valence-corrected chi connectivity index (χ4v) is 3.79. The summed E-state index contributed by atoms with van der Waals surface area (Å²) in [6, 6.07) is -1.36. The van der Waals surface area contributed by atoms with Crippen LogP contribution >= 0.6 is 11.8 Å². The minimum Gasteiger partial charge on any atom is -0.480 e. The van der Waals surface area contributed by atoms with E-state index in [9.17, 15) is 14.7 Å². The van der Waals surface area contributed by atoms with Gasteiger partial charge in [-0.15, -0.1) is 11.8 Å². The van der Waals surface area contributed by atoms with Crippen LogP contribution in [-0.2, 0) is 9.59 Å². The van der Waals surface area contributed by atoms with E-state index in [0.717, 1.165) is 0 Å². The molecule has 0 radical (unpaired) electrons. The van der Waals surface area contributed by atoms with Crippen LogP contribution in [0.4, 0.5) is 0 Å². The standard InChI is InChI=1S/C13H24N2O3S/c1-7(2)5-9(14)11(16)15-10(13(17)18)6-19-12(15)8(3)4/h7-10,12H,5-6,14H2,1-4H3,(H,17,18)/t9-,10?,12?/m1/s1. The Morgan fingerprint density at radius 3 is 2.37 bits per heavy atom. The van der Waals surface area contributed by atoms with Crippen molar-refractivity contribution < 1.29 is 14.7 Å². The van der Waals surface area contributed by atoms with E-state index in [0.29, 0.717) is 18.1 Å². The Hall–Kier alpha value is -0.750. The van der Waals surface area contributed by atoms with E-state index in [1.165, 1.54) is 16.7 Å². The molecule has 3 N–H and O–H groups in total. The van der Waals surface area contributed by atoms with Crippen LogP contribution in [0.5, 0.6) is 0 Å². The maximum absolute atomic E-state index is 12.4. The molecular formula is C13H24N2O3S. The minimum absolute atomic E-state index is 0.0909. The van der Waals surface area contributed by atoms with Gasteiger partial charge in [-0.2, -0.15) is 0 Å². The van der Waals surface area contributed by atoms with E-state index in [-0.39, 0.29) is 17.2 Å². The smallest absolute Gasteiger partial charge is 0.327 e. The molecule has 1 fully saturated rings. The maximum Gasteiger partial charge on any atom is 0.327 e. The molecule has 19 heavy (non-hydrogen) atoms. The molecule has 6 heteroatoms. The number of carbonyl (C=O) groups is 2. The van der Waals surface area contributed by atoms with Crippen LogP contribution in [0.2, 0.25) is 0 Å². The Kier molecular flexibility index (Phi) is 5.67. The van der Waals surface area contributed by atoms with Gasteiger partial charge < -0.3 is 15.7 Å². The zero-order valence-corrected chi connectivity index (χ0v) is 12.8. The average molecular weight is 288 g/mol. The molecule has 0 aliphatic carbocycles. The molecule has 3 atom stereocenters. The van der Waals surface area contributed by atoms with Crippen LogP contribution in [0, 0.1) is 11.8 Å². The number of hydrogen-bond acceptors (Lipinski definition) is 4. The van der Waals surface area contributed by atoms with E-state index in [2.05, 4.69) is 0 Å². The Balaban J connectivity index is 2.89. The van der Waals surface area contributed by atoms with Gasteiger partial charge in [-0.1, -0.05) is 27.7 Å². The number of nitrogens with two attached hydrogens (primary N) is 1. The Morgan fingerprint density at radius 2 is 1.95 bits per heavy atom. The Morgan fingerprint density at radius 1 is 1.37 bits per heavy atom. The largest absolute Gasteiger partial charge is 0.480 e. The highest BCUT2D eigenvalue weighted by molar-refractivity contribution is 8.00.